The van der Waals surface area contributed by atoms with E-state index in [4.69, 9.17) is 5.26 Å². The fourth-order valence-corrected chi connectivity index (χ4v) is 2.67. The minimum Gasteiger partial charge on any atom is -0.357 e. The molecule has 0 aliphatic carbocycles. The van der Waals surface area contributed by atoms with Crippen LogP contribution in [0.1, 0.15) is 37.9 Å². The van der Waals surface area contributed by atoms with Crippen molar-refractivity contribution < 1.29 is 0 Å². The van der Waals surface area contributed by atoms with E-state index >= 15 is 0 Å². The van der Waals surface area contributed by atoms with Crippen molar-refractivity contribution in [3.63, 3.8) is 0 Å². The summed E-state index contributed by atoms with van der Waals surface area (Å²) in [7, 11) is 0. The number of pyridine rings is 1. The molecule has 1 aliphatic rings. The Hall–Kier alpha value is -1.56. The van der Waals surface area contributed by atoms with Gasteiger partial charge in [0.05, 0.1) is 11.6 Å². The van der Waals surface area contributed by atoms with Crippen molar-refractivity contribution in [3.8, 4) is 6.07 Å². The Kier molecular flexibility index (Phi) is 3.86. The van der Waals surface area contributed by atoms with Crippen molar-refractivity contribution in [2.45, 2.75) is 33.6 Å². The highest BCUT2D eigenvalue weighted by atomic mass is 15.2. The molecular formula is C15H21N3. The summed E-state index contributed by atoms with van der Waals surface area (Å²) in [5.41, 5.74) is 1.64. The van der Waals surface area contributed by atoms with Crippen LogP contribution in [0.5, 0.6) is 0 Å². The zero-order chi connectivity index (χ0) is 13.1. The first kappa shape index (κ1) is 12.9. The van der Waals surface area contributed by atoms with Gasteiger partial charge in [0.25, 0.3) is 0 Å². The predicted molar refractivity (Wildman–Crippen MR) is 73.5 cm³/mol. The number of hydrogen-bond donors (Lipinski definition) is 0. The van der Waals surface area contributed by atoms with E-state index in [1.165, 1.54) is 12.8 Å². The lowest BCUT2D eigenvalue weighted by molar-refractivity contribution is 0.310. The van der Waals surface area contributed by atoms with Gasteiger partial charge < -0.3 is 4.90 Å². The molecule has 3 heteroatoms. The van der Waals surface area contributed by atoms with Gasteiger partial charge in [-0.3, -0.25) is 0 Å². The number of aromatic nitrogens is 1. The molecule has 0 N–H and O–H groups in total. The summed E-state index contributed by atoms with van der Waals surface area (Å²) >= 11 is 0. The van der Waals surface area contributed by atoms with Gasteiger partial charge in [0, 0.05) is 18.8 Å². The fourth-order valence-electron chi connectivity index (χ4n) is 2.67. The predicted octanol–water partition coefficient (Wildman–Crippen LogP) is 3.13. The average molecular weight is 243 g/mol. The second kappa shape index (κ2) is 5.39. The van der Waals surface area contributed by atoms with Gasteiger partial charge in [0.2, 0.25) is 0 Å². The smallest absolute Gasteiger partial charge is 0.130 e. The van der Waals surface area contributed by atoms with Crippen LogP contribution in [-0.4, -0.2) is 18.1 Å². The Labute approximate surface area is 109 Å². The Morgan fingerprint density at radius 1 is 1.33 bits per heavy atom. The number of hydrogen-bond acceptors (Lipinski definition) is 3. The molecule has 1 aliphatic heterocycles. The van der Waals surface area contributed by atoms with Gasteiger partial charge in [-0.15, -0.1) is 0 Å². The average Bonchev–Trinajstić information content (AvgIpc) is 2.38. The van der Waals surface area contributed by atoms with E-state index in [0.717, 1.165) is 36.4 Å². The van der Waals surface area contributed by atoms with Crippen LogP contribution in [0.3, 0.4) is 0 Å². The lowest BCUT2D eigenvalue weighted by Gasteiger charge is -2.34. The molecule has 0 atom stereocenters. The maximum absolute atomic E-state index is 9.00. The first-order valence-corrected chi connectivity index (χ1v) is 6.74. The van der Waals surface area contributed by atoms with Crippen molar-refractivity contribution >= 4 is 5.82 Å². The monoisotopic (exact) mass is 243 g/mol. The fraction of sp³-hybridized carbons (Fsp3) is 0.600. The molecule has 0 unspecified atom stereocenters. The molecule has 0 amide bonds. The maximum atomic E-state index is 9.00. The van der Waals surface area contributed by atoms with Crippen molar-refractivity contribution in [2.24, 2.45) is 11.8 Å². The summed E-state index contributed by atoms with van der Waals surface area (Å²) in [5.74, 6) is 2.57. The highest BCUT2D eigenvalue weighted by molar-refractivity contribution is 5.46. The van der Waals surface area contributed by atoms with E-state index < -0.39 is 0 Å². The molecule has 0 saturated carbocycles. The molecule has 0 bridgehead atoms. The van der Waals surface area contributed by atoms with Crippen molar-refractivity contribution in [1.82, 2.24) is 4.98 Å². The van der Waals surface area contributed by atoms with E-state index in [9.17, 15) is 0 Å². The Morgan fingerprint density at radius 3 is 2.56 bits per heavy atom. The van der Waals surface area contributed by atoms with E-state index in [1.54, 1.807) is 0 Å². The lowest BCUT2D eigenvalue weighted by atomic mass is 9.87. The van der Waals surface area contributed by atoms with Crippen LogP contribution in [0.15, 0.2) is 12.1 Å². The van der Waals surface area contributed by atoms with Gasteiger partial charge in [0.15, 0.2) is 0 Å². The Bertz CT molecular complexity index is 451. The third kappa shape index (κ3) is 2.81. The van der Waals surface area contributed by atoms with Gasteiger partial charge in [-0.05, 0) is 43.7 Å². The summed E-state index contributed by atoms with van der Waals surface area (Å²) in [5, 5.41) is 9.00. The van der Waals surface area contributed by atoms with E-state index in [2.05, 4.69) is 29.8 Å². The zero-order valence-corrected chi connectivity index (χ0v) is 11.5. The van der Waals surface area contributed by atoms with Crippen molar-refractivity contribution in [3.05, 3.63) is 23.4 Å². The van der Waals surface area contributed by atoms with Gasteiger partial charge >= 0.3 is 0 Å². The third-order valence-electron chi connectivity index (χ3n) is 3.88. The minimum absolute atomic E-state index is 0.712. The Balaban J connectivity index is 2.10. The second-order valence-corrected chi connectivity index (χ2v) is 5.54. The zero-order valence-electron chi connectivity index (χ0n) is 11.5. The molecule has 1 fully saturated rings. The molecule has 1 aromatic rings. The highest BCUT2D eigenvalue weighted by Crippen LogP contribution is 2.27. The second-order valence-electron chi connectivity index (χ2n) is 5.54. The van der Waals surface area contributed by atoms with E-state index in [0.29, 0.717) is 5.56 Å². The molecular weight excluding hydrogens is 222 g/mol. The van der Waals surface area contributed by atoms with E-state index in [1.807, 2.05) is 19.1 Å². The largest absolute Gasteiger partial charge is 0.357 e. The van der Waals surface area contributed by atoms with Gasteiger partial charge in [-0.25, -0.2) is 4.98 Å². The molecule has 1 aromatic heterocycles. The van der Waals surface area contributed by atoms with Crippen LogP contribution < -0.4 is 4.90 Å². The molecule has 0 spiro atoms. The first-order valence-electron chi connectivity index (χ1n) is 6.74. The standard InChI is InChI=1S/C15H21N3/c1-11(2)14-4-6-18(7-5-14)15-9-13(10-16)8-12(3)17-15/h8-9,11,14H,4-7H2,1-3H3. The van der Waals surface area contributed by atoms with Crippen molar-refractivity contribution in [2.75, 3.05) is 18.0 Å². The van der Waals surface area contributed by atoms with Crippen LogP contribution >= 0.6 is 0 Å². The van der Waals surface area contributed by atoms with Crippen LogP contribution in [-0.2, 0) is 0 Å². The lowest BCUT2D eigenvalue weighted by Crippen LogP contribution is -2.35. The number of piperidine rings is 1. The minimum atomic E-state index is 0.712. The number of rotatable bonds is 2. The summed E-state index contributed by atoms with van der Waals surface area (Å²) in [6.07, 6.45) is 2.46. The summed E-state index contributed by atoms with van der Waals surface area (Å²) in [6, 6.07) is 5.95. The molecule has 1 saturated heterocycles. The first-order chi connectivity index (χ1) is 8.60. The van der Waals surface area contributed by atoms with Gasteiger partial charge in [0.1, 0.15) is 5.82 Å². The van der Waals surface area contributed by atoms with Gasteiger partial charge in [-0.2, -0.15) is 5.26 Å². The molecule has 96 valence electrons. The summed E-state index contributed by atoms with van der Waals surface area (Å²) < 4.78 is 0. The number of nitriles is 1. The summed E-state index contributed by atoms with van der Waals surface area (Å²) in [4.78, 5) is 6.86. The molecule has 2 rings (SSSR count). The number of nitrogens with zero attached hydrogens (tertiary/aromatic N) is 3. The highest BCUT2D eigenvalue weighted by Gasteiger charge is 2.22. The molecule has 2 heterocycles. The van der Waals surface area contributed by atoms with Crippen LogP contribution in [0.2, 0.25) is 0 Å². The summed E-state index contributed by atoms with van der Waals surface area (Å²) in [6.45, 7) is 8.68. The normalized spacial score (nSPS) is 16.9. The topological polar surface area (TPSA) is 39.9 Å². The number of anilines is 1. The van der Waals surface area contributed by atoms with Crippen molar-refractivity contribution in [1.29, 1.82) is 5.26 Å². The molecule has 18 heavy (non-hydrogen) atoms. The van der Waals surface area contributed by atoms with Crippen LogP contribution in [0.25, 0.3) is 0 Å². The maximum Gasteiger partial charge on any atom is 0.130 e. The quantitative estimate of drug-likeness (QED) is 0.801. The SMILES string of the molecule is Cc1cc(C#N)cc(N2CCC(C(C)C)CC2)n1. The van der Waals surface area contributed by atoms with E-state index in [-0.39, 0.29) is 0 Å². The molecule has 0 aromatic carbocycles. The third-order valence-corrected chi connectivity index (χ3v) is 3.88. The number of aryl methyl sites for hydroxylation is 1. The van der Waals surface area contributed by atoms with Crippen LogP contribution in [0, 0.1) is 30.1 Å². The molecule has 0 radical (unpaired) electrons. The Morgan fingerprint density at radius 2 is 2.00 bits per heavy atom. The van der Waals surface area contributed by atoms with Crippen LogP contribution in [0.4, 0.5) is 5.82 Å². The van der Waals surface area contributed by atoms with Gasteiger partial charge in [-0.1, -0.05) is 13.8 Å². The molecule has 3 nitrogen and oxygen atoms in total.